The molecule has 2 aromatic rings. The van der Waals surface area contributed by atoms with Gasteiger partial charge in [-0.05, 0) is 44.1 Å². The van der Waals surface area contributed by atoms with E-state index in [0.29, 0.717) is 5.92 Å². The molecule has 0 saturated carbocycles. The SMILES string of the molecule is COc1ccc2c(c1)c(C1=NCC3(CN4CCC3CC4)O1)cn2C.Cl.Cl.Cl. The zero-order chi connectivity index (χ0) is 16.3. The van der Waals surface area contributed by atoms with Crippen molar-refractivity contribution in [2.24, 2.45) is 18.0 Å². The molecule has 6 rings (SSSR count). The fraction of sp³-hybridized carbons (Fsp3) is 0.526. The molecule has 1 aromatic carbocycles. The molecule has 8 heteroatoms. The first-order chi connectivity index (χ1) is 11.7. The number of ether oxygens (including phenoxy) is 2. The molecule has 1 spiro atoms. The van der Waals surface area contributed by atoms with Crippen LogP contribution in [0.15, 0.2) is 29.4 Å². The van der Waals surface area contributed by atoms with E-state index in [1.54, 1.807) is 7.11 Å². The van der Waals surface area contributed by atoms with Gasteiger partial charge in [-0.15, -0.1) is 37.2 Å². The van der Waals surface area contributed by atoms with Crippen LogP contribution in [-0.4, -0.2) is 54.3 Å². The molecule has 0 amide bonds. The first kappa shape index (κ1) is 22.2. The Balaban J connectivity index is 0.000000871. The molecule has 2 bridgehead atoms. The van der Waals surface area contributed by atoms with Gasteiger partial charge in [-0.2, -0.15) is 0 Å². The summed E-state index contributed by atoms with van der Waals surface area (Å²) in [4.78, 5) is 7.37. The lowest BCUT2D eigenvalue weighted by atomic mass is 9.75. The highest BCUT2D eigenvalue weighted by Gasteiger charge is 2.51. The second-order valence-electron chi connectivity index (χ2n) is 7.38. The molecule has 4 aliphatic heterocycles. The second kappa shape index (κ2) is 8.08. The van der Waals surface area contributed by atoms with E-state index in [4.69, 9.17) is 14.5 Å². The van der Waals surface area contributed by atoms with Crippen LogP contribution in [-0.2, 0) is 11.8 Å². The molecular formula is C19H26Cl3N3O2. The van der Waals surface area contributed by atoms with Crippen molar-refractivity contribution in [3.63, 3.8) is 0 Å². The highest BCUT2D eigenvalue weighted by molar-refractivity contribution is 6.08. The number of aliphatic imine (C=N–C) groups is 1. The topological polar surface area (TPSA) is 39.0 Å². The third-order valence-electron chi connectivity index (χ3n) is 6.04. The number of hydrogen-bond acceptors (Lipinski definition) is 4. The van der Waals surface area contributed by atoms with Gasteiger partial charge in [0.15, 0.2) is 0 Å². The van der Waals surface area contributed by atoms with Crippen molar-refractivity contribution in [3.8, 4) is 5.75 Å². The van der Waals surface area contributed by atoms with E-state index in [2.05, 4.69) is 34.8 Å². The van der Waals surface area contributed by atoms with E-state index in [9.17, 15) is 0 Å². The highest BCUT2D eigenvalue weighted by Crippen LogP contribution is 2.42. The Morgan fingerprint density at radius 2 is 1.93 bits per heavy atom. The molecule has 5 nitrogen and oxygen atoms in total. The predicted molar refractivity (Wildman–Crippen MR) is 116 cm³/mol. The number of aromatic nitrogens is 1. The number of hydrogen-bond donors (Lipinski definition) is 0. The van der Waals surface area contributed by atoms with Crippen LogP contribution in [0.4, 0.5) is 0 Å². The Labute approximate surface area is 178 Å². The molecule has 3 fully saturated rings. The summed E-state index contributed by atoms with van der Waals surface area (Å²) in [7, 11) is 3.77. The van der Waals surface area contributed by atoms with Gasteiger partial charge in [0.1, 0.15) is 11.4 Å². The zero-order valence-corrected chi connectivity index (χ0v) is 18.0. The monoisotopic (exact) mass is 433 g/mol. The Hall–Kier alpha value is -1.14. The highest BCUT2D eigenvalue weighted by atomic mass is 35.5. The van der Waals surface area contributed by atoms with E-state index < -0.39 is 0 Å². The van der Waals surface area contributed by atoms with Crippen molar-refractivity contribution in [3.05, 3.63) is 30.0 Å². The summed E-state index contributed by atoms with van der Waals surface area (Å²) in [6.07, 6.45) is 4.61. The predicted octanol–water partition coefficient (Wildman–Crippen LogP) is 3.69. The number of benzene rings is 1. The van der Waals surface area contributed by atoms with Gasteiger partial charge in [0.25, 0.3) is 0 Å². The molecule has 27 heavy (non-hydrogen) atoms. The van der Waals surface area contributed by atoms with Gasteiger partial charge in [0, 0.05) is 36.6 Å². The number of piperidine rings is 3. The van der Waals surface area contributed by atoms with Crippen molar-refractivity contribution >= 4 is 54.0 Å². The largest absolute Gasteiger partial charge is 0.497 e. The Kier molecular flexibility index (Phi) is 6.63. The van der Waals surface area contributed by atoms with Gasteiger partial charge in [0.05, 0.1) is 19.2 Å². The van der Waals surface area contributed by atoms with Crippen LogP contribution in [0.2, 0.25) is 0 Å². The van der Waals surface area contributed by atoms with Gasteiger partial charge in [-0.25, -0.2) is 4.99 Å². The van der Waals surface area contributed by atoms with Crippen LogP contribution in [0.5, 0.6) is 5.75 Å². The first-order valence-electron chi connectivity index (χ1n) is 8.78. The molecule has 1 aromatic heterocycles. The minimum Gasteiger partial charge on any atom is -0.497 e. The normalized spacial score (nSPS) is 28.0. The first-order valence-corrected chi connectivity index (χ1v) is 8.78. The van der Waals surface area contributed by atoms with Crippen LogP contribution in [0.25, 0.3) is 10.9 Å². The number of fused-ring (bicyclic) bond motifs is 3. The third kappa shape index (κ3) is 3.39. The summed E-state index contributed by atoms with van der Waals surface area (Å²) in [5, 5.41) is 1.15. The molecule has 3 saturated heterocycles. The lowest BCUT2D eigenvalue weighted by molar-refractivity contribution is -0.0825. The second-order valence-corrected chi connectivity index (χ2v) is 7.38. The van der Waals surface area contributed by atoms with Crippen LogP contribution in [0.3, 0.4) is 0 Å². The van der Waals surface area contributed by atoms with Gasteiger partial charge in [0.2, 0.25) is 5.90 Å². The maximum absolute atomic E-state index is 6.56. The van der Waals surface area contributed by atoms with Crippen LogP contribution >= 0.6 is 37.2 Å². The van der Waals surface area contributed by atoms with Crippen LogP contribution in [0.1, 0.15) is 18.4 Å². The lowest BCUT2D eigenvalue weighted by Crippen LogP contribution is -2.60. The fourth-order valence-corrected chi connectivity index (χ4v) is 4.69. The summed E-state index contributed by atoms with van der Waals surface area (Å²) in [6.45, 7) is 4.26. The summed E-state index contributed by atoms with van der Waals surface area (Å²) >= 11 is 0. The Morgan fingerprint density at radius 1 is 1.19 bits per heavy atom. The summed E-state index contributed by atoms with van der Waals surface area (Å²) in [5.74, 6) is 2.32. The molecule has 0 radical (unpaired) electrons. The van der Waals surface area contributed by atoms with Crippen LogP contribution < -0.4 is 4.74 Å². The third-order valence-corrected chi connectivity index (χ3v) is 6.04. The number of aryl methyl sites for hydroxylation is 1. The maximum atomic E-state index is 6.56. The number of methoxy groups -OCH3 is 1. The van der Waals surface area contributed by atoms with E-state index in [1.165, 1.54) is 31.4 Å². The molecule has 1 unspecified atom stereocenters. The standard InChI is InChI=1S/C19H23N3O2.3ClH/c1-21-10-16(15-9-14(23-2)3-4-17(15)21)18-20-11-19(24-18)12-22-7-5-13(19)6-8-22;;;/h3-4,9-10,13H,5-8,11-12H2,1-2H3;3*1H. The fourth-order valence-electron chi connectivity index (χ4n) is 4.69. The number of nitrogens with zero attached hydrogens (tertiary/aromatic N) is 3. The molecule has 1 atom stereocenters. The van der Waals surface area contributed by atoms with Crippen molar-refractivity contribution in [2.75, 3.05) is 33.3 Å². The summed E-state index contributed by atoms with van der Waals surface area (Å²) in [6, 6.07) is 6.17. The Bertz CT molecular complexity index is 846. The molecule has 0 aliphatic carbocycles. The van der Waals surface area contributed by atoms with Gasteiger partial charge >= 0.3 is 0 Å². The van der Waals surface area contributed by atoms with Crippen molar-refractivity contribution in [1.29, 1.82) is 0 Å². The van der Waals surface area contributed by atoms with Crippen molar-refractivity contribution in [2.45, 2.75) is 18.4 Å². The average Bonchev–Trinajstić information content (AvgIpc) is 3.17. The molecule has 0 N–H and O–H groups in total. The average molecular weight is 435 g/mol. The summed E-state index contributed by atoms with van der Waals surface area (Å²) < 4.78 is 14.1. The summed E-state index contributed by atoms with van der Waals surface area (Å²) in [5.41, 5.74) is 2.17. The van der Waals surface area contributed by atoms with E-state index >= 15 is 0 Å². The van der Waals surface area contributed by atoms with Crippen molar-refractivity contribution in [1.82, 2.24) is 9.47 Å². The van der Waals surface area contributed by atoms with Gasteiger partial charge in [-0.3, -0.25) is 4.90 Å². The van der Waals surface area contributed by atoms with Gasteiger partial charge < -0.3 is 14.0 Å². The maximum Gasteiger partial charge on any atom is 0.219 e. The molecular weight excluding hydrogens is 409 g/mol. The molecule has 150 valence electrons. The molecule has 5 heterocycles. The van der Waals surface area contributed by atoms with Crippen LogP contribution in [0, 0.1) is 5.92 Å². The number of halogens is 3. The quantitative estimate of drug-likeness (QED) is 0.723. The van der Waals surface area contributed by atoms with E-state index in [0.717, 1.165) is 35.7 Å². The van der Waals surface area contributed by atoms with Gasteiger partial charge in [-0.1, -0.05) is 0 Å². The van der Waals surface area contributed by atoms with E-state index in [1.807, 2.05) is 6.07 Å². The van der Waals surface area contributed by atoms with E-state index in [-0.39, 0.29) is 42.8 Å². The smallest absolute Gasteiger partial charge is 0.219 e. The Morgan fingerprint density at radius 3 is 2.56 bits per heavy atom. The lowest BCUT2D eigenvalue weighted by Gasteiger charge is -2.50. The minimum atomic E-state index is -0.0904. The van der Waals surface area contributed by atoms with Crippen molar-refractivity contribution < 1.29 is 9.47 Å². The minimum absolute atomic E-state index is 0. The molecule has 4 aliphatic rings. The zero-order valence-electron chi connectivity index (χ0n) is 15.5. The number of rotatable bonds is 2.